The average Bonchev–Trinajstić information content (AvgIpc) is 3.28. The predicted octanol–water partition coefficient (Wildman–Crippen LogP) is 4.64. The van der Waals surface area contributed by atoms with Gasteiger partial charge >= 0.3 is 0 Å². The number of aryl methyl sites for hydroxylation is 2. The van der Waals surface area contributed by atoms with Gasteiger partial charge in [0.25, 0.3) is 11.4 Å². The van der Waals surface area contributed by atoms with Gasteiger partial charge in [0.15, 0.2) is 0 Å². The molecule has 0 fully saturated rings. The number of aromatic nitrogens is 6. The zero-order chi connectivity index (χ0) is 25.4. The summed E-state index contributed by atoms with van der Waals surface area (Å²) in [6.07, 6.45) is 1.91. The number of para-hydroxylation sites is 1. The molecule has 3 N–H and O–H groups in total. The molecule has 0 spiro atoms. The Labute approximate surface area is 211 Å². The van der Waals surface area contributed by atoms with Crippen LogP contribution in [0.25, 0.3) is 28.0 Å². The summed E-state index contributed by atoms with van der Waals surface area (Å²) in [5.74, 6) is 1.64. The fraction of sp³-hybridized carbons (Fsp3) is 0.200. The van der Waals surface area contributed by atoms with Crippen molar-refractivity contribution in [3.63, 3.8) is 0 Å². The Morgan fingerprint density at radius 3 is 2.64 bits per heavy atom. The van der Waals surface area contributed by atoms with E-state index in [1.165, 1.54) is 6.33 Å². The minimum atomic E-state index is -0.447. The van der Waals surface area contributed by atoms with Crippen LogP contribution in [-0.2, 0) is 0 Å². The van der Waals surface area contributed by atoms with Crippen LogP contribution in [0.2, 0.25) is 5.02 Å². The van der Waals surface area contributed by atoms with Crippen LogP contribution >= 0.6 is 11.6 Å². The van der Waals surface area contributed by atoms with Gasteiger partial charge in [-0.3, -0.25) is 9.36 Å². The van der Waals surface area contributed by atoms with Crippen molar-refractivity contribution in [1.82, 2.24) is 29.7 Å². The Balaban J connectivity index is 1.73. The number of anilines is 2. The molecule has 3 heterocycles. The lowest BCUT2D eigenvalue weighted by atomic mass is 10.1. The van der Waals surface area contributed by atoms with Crippen molar-refractivity contribution in [2.75, 3.05) is 11.1 Å². The van der Waals surface area contributed by atoms with Gasteiger partial charge in [-0.25, -0.2) is 15.0 Å². The number of halogens is 1. The highest BCUT2D eigenvalue weighted by Crippen LogP contribution is 2.33. The molecular weight excluding hydrogens is 480 g/mol. The number of nitrogens with one attached hydrogen (secondary N) is 1. The maximum atomic E-state index is 13.9. The first-order valence-electron chi connectivity index (χ1n) is 11.3. The maximum absolute atomic E-state index is 13.9. The molecule has 0 aliphatic heterocycles. The van der Waals surface area contributed by atoms with Gasteiger partial charge in [-0.05, 0) is 37.1 Å². The van der Waals surface area contributed by atoms with Gasteiger partial charge in [-0.2, -0.15) is 0 Å². The Kier molecular flexibility index (Phi) is 6.11. The van der Waals surface area contributed by atoms with Gasteiger partial charge in [0.05, 0.1) is 27.7 Å². The van der Waals surface area contributed by atoms with Crippen LogP contribution in [0, 0.1) is 13.8 Å². The summed E-state index contributed by atoms with van der Waals surface area (Å²) < 4.78 is 7.21. The van der Waals surface area contributed by atoms with E-state index in [4.69, 9.17) is 26.7 Å². The van der Waals surface area contributed by atoms with Gasteiger partial charge in [0.2, 0.25) is 5.89 Å². The van der Waals surface area contributed by atoms with Crippen molar-refractivity contribution in [3.05, 3.63) is 81.4 Å². The quantitative estimate of drug-likeness (QED) is 0.340. The second-order valence-electron chi connectivity index (χ2n) is 8.24. The zero-order valence-electron chi connectivity index (χ0n) is 19.9. The molecule has 0 unspecified atom stereocenters. The number of nitrogen functional groups attached to an aromatic ring is 1. The van der Waals surface area contributed by atoms with Crippen molar-refractivity contribution >= 4 is 34.1 Å². The van der Waals surface area contributed by atoms with Crippen LogP contribution in [0.4, 0.5) is 11.6 Å². The molecule has 5 rings (SSSR count). The minimum absolute atomic E-state index is 0.181. The molecule has 0 bridgehead atoms. The number of nitrogens with zero attached hydrogens (tertiary/aromatic N) is 6. The fourth-order valence-electron chi connectivity index (χ4n) is 4.12. The number of hydrogen-bond acceptors (Lipinski definition) is 9. The molecule has 0 amide bonds. The smallest absolute Gasteiger partial charge is 0.267 e. The van der Waals surface area contributed by atoms with Gasteiger partial charge in [0.1, 0.15) is 29.4 Å². The summed E-state index contributed by atoms with van der Waals surface area (Å²) in [6.45, 7) is 5.61. The Morgan fingerprint density at radius 1 is 1.11 bits per heavy atom. The summed E-state index contributed by atoms with van der Waals surface area (Å²) in [4.78, 5) is 27.3. The number of rotatable bonds is 6. The molecule has 1 atom stereocenters. The van der Waals surface area contributed by atoms with Gasteiger partial charge in [-0.1, -0.05) is 42.8 Å². The van der Waals surface area contributed by atoms with Crippen molar-refractivity contribution in [2.24, 2.45) is 0 Å². The molecule has 36 heavy (non-hydrogen) atoms. The molecule has 3 aromatic heterocycles. The van der Waals surface area contributed by atoms with E-state index in [2.05, 4.69) is 25.5 Å². The third-order valence-electron chi connectivity index (χ3n) is 5.88. The predicted molar refractivity (Wildman–Crippen MR) is 138 cm³/mol. The first-order valence-corrected chi connectivity index (χ1v) is 11.7. The lowest BCUT2D eigenvalue weighted by Gasteiger charge is -2.23. The summed E-state index contributed by atoms with van der Waals surface area (Å²) in [5.41, 5.74) is 8.42. The zero-order valence-corrected chi connectivity index (χ0v) is 20.6. The molecular formula is C25H23ClN8O2. The first kappa shape index (κ1) is 23.4. The lowest BCUT2D eigenvalue weighted by molar-refractivity contribution is 0.532. The first-order chi connectivity index (χ1) is 17.4. The highest BCUT2D eigenvalue weighted by atomic mass is 35.5. The Morgan fingerprint density at radius 2 is 1.92 bits per heavy atom. The van der Waals surface area contributed by atoms with Gasteiger partial charge < -0.3 is 15.5 Å². The number of benzene rings is 2. The van der Waals surface area contributed by atoms with Crippen LogP contribution in [0.3, 0.4) is 0 Å². The van der Waals surface area contributed by atoms with Crippen LogP contribution in [0.15, 0.2) is 58.0 Å². The Hall–Kier alpha value is -4.31. The van der Waals surface area contributed by atoms with Crippen molar-refractivity contribution in [2.45, 2.75) is 33.2 Å². The van der Waals surface area contributed by atoms with Gasteiger partial charge in [-0.15, -0.1) is 10.2 Å². The van der Waals surface area contributed by atoms with Crippen molar-refractivity contribution in [3.8, 4) is 17.1 Å². The average molecular weight is 503 g/mol. The topological polar surface area (TPSA) is 138 Å². The maximum Gasteiger partial charge on any atom is 0.267 e. The standard InChI is InChI=1S/C25H23ClN8O2/c1-4-16(30-22-20(21(27)28-12-29-22)24-33-32-14(3)36-24)23-31-17-10-7-9-15(26)19(17)25(35)34(23)18-11-6-5-8-13(18)2/h5-12,16H,4H2,1-3H3,(H3,27,28,29,30)/t16-/m0/s1. The highest BCUT2D eigenvalue weighted by Gasteiger charge is 2.25. The molecule has 0 radical (unpaired) electrons. The molecule has 0 aliphatic carbocycles. The second-order valence-corrected chi connectivity index (χ2v) is 8.65. The van der Waals surface area contributed by atoms with Crippen LogP contribution in [0.1, 0.15) is 36.7 Å². The highest BCUT2D eigenvalue weighted by molar-refractivity contribution is 6.35. The van der Waals surface area contributed by atoms with E-state index in [9.17, 15) is 4.79 Å². The number of fused-ring (bicyclic) bond motifs is 1. The minimum Gasteiger partial charge on any atom is -0.421 e. The third kappa shape index (κ3) is 4.05. The summed E-state index contributed by atoms with van der Waals surface area (Å²) in [5, 5.41) is 12.1. The summed E-state index contributed by atoms with van der Waals surface area (Å²) >= 11 is 6.44. The molecule has 0 saturated carbocycles. The molecule has 0 saturated heterocycles. The van der Waals surface area contributed by atoms with E-state index < -0.39 is 6.04 Å². The number of hydrogen-bond donors (Lipinski definition) is 2. The van der Waals surface area contributed by atoms with E-state index in [1.807, 2.05) is 38.1 Å². The van der Waals surface area contributed by atoms with E-state index in [0.29, 0.717) is 51.1 Å². The second kappa shape index (κ2) is 9.38. The summed E-state index contributed by atoms with van der Waals surface area (Å²) in [7, 11) is 0. The molecule has 5 aromatic rings. The third-order valence-corrected chi connectivity index (χ3v) is 6.19. The van der Waals surface area contributed by atoms with E-state index in [0.717, 1.165) is 5.56 Å². The number of nitrogens with two attached hydrogens (primary N) is 1. The molecule has 10 nitrogen and oxygen atoms in total. The molecule has 0 aliphatic rings. The molecule has 2 aromatic carbocycles. The van der Waals surface area contributed by atoms with E-state index in [-0.39, 0.29) is 17.3 Å². The normalized spacial score (nSPS) is 12.1. The monoisotopic (exact) mass is 502 g/mol. The Bertz CT molecular complexity index is 1650. The van der Waals surface area contributed by atoms with Crippen molar-refractivity contribution in [1.29, 1.82) is 0 Å². The van der Waals surface area contributed by atoms with E-state index >= 15 is 0 Å². The van der Waals surface area contributed by atoms with Crippen LogP contribution in [0.5, 0.6) is 0 Å². The van der Waals surface area contributed by atoms with E-state index in [1.54, 1.807) is 29.7 Å². The lowest BCUT2D eigenvalue weighted by Crippen LogP contribution is -2.29. The summed E-state index contributed by atoms with van der Waals surface area (Å²) in [6, 6.07) is 12.4. The molecule has 182 valence electrons. The van der Waals surface area contributed by atoms with Crippen LogP contribution < -0.4 is 16.6 Å². The largest absolute Gasteiger partial charge is 0.421 e. The van der Waals surface area contributed by atoms with Crippen LogP contribution in [-0.4, -0.2) is 29.7 Å². The van der Waals surface area contributed by atoms with Gasteiger partial charge in [0, 0.05) is 6.92 Å². The molecule has 11 heteroatoms. The fourth-order valence-corrected chi connectivity index (χ4v) is 4.37. The van der Waals surface area contributed by atoms with Crippen molar-refractivity contribution < 1.29 is 4.42 Å². The SMILES string of the molecule is CC[C@H](Nc1ncnc(N)c1-c1nnc(C)o1)c1nc2cccc(Cl)c2c(=O)n1-c1ccccc1C.